The molecule has 0 aliphatic carbocycles. The Balaban J connectivity index is 0.00000120. The van der Waals surface area contributed by atoms with Gasteiger partial charge in [0.2, 0.25) is 0 Å². The third-order valence-corrected chi connectivity index (χ3v) is 3.25. The van der Waals surface area contributed by atoms with Crippen LogP contribution in [0.5, 0.6) is 0 Å². The van der Waals surface area contributed by atoms with E-state index >= 15 is 0 Å². The van der Waals surface area contributed by atoms with Gasteiger partial charge in [-0.25, -0.2) is 9.97 Å². The molecule has 4 nitrogen and oxygen atoms in total. The summed E-state index contributed by atoms with van der Waals surface area (Å²) in [6.07, 6.45) is 5.96. The number of rotatable bonds is 2. The second-order valence-electron chi connectivity index (χ2n) is 4.20. The first kappa shape index (κ1) is 13.3. The summed E-state index contributed by atoms with van der Waals surface area (Å²) in [6, 6.07) is 4.09. The predicted molar refractivity (Wildman–Crippen MR) is 74.1 cm³/mol. The zero-order chi connectivity index (χ0) is 11.7. The third-order valence-electron chi connectivity index (χ3n) is 3.02. The van der Waals surface area contributed by atoms with Gasteiger partial charge in [0.15, 0.2) is 0 Å². The largest absolute Gasteiger partial charge is 0.341 e. The summed E-state index contributed by atoms with van der Waals surface area (Å²) in [5.74, 6) is 1.01. The molecule has 0 saturated carbocycles. The molecule has 0 amide bonds. The second kappa shape index (κ2) is 5.69. The molecule has 0 spiro atoms. The average Bonchev–Trinajstić information content (AvgIpc) is 3.00. The van der Waals surface area contributed by atoms with E-state index in [9.17, 15) is 0 Å². The lowest BCUT2D eigenvalue weighted by Gasteiger charge is -2.05. The Bertz CT molecular complexity index is 503. The number of nitrogens with one attached hydrogen (secondary N) is 2. The zero-order valence-corrected chi connectivity index (χ0v) is 11.3. The van der Waals surface area contributed by atoms with Crippen LogP contribution in [0.15, 0.2) is 24.5 Å². The van der Waals surface area contributed by atoms with Crippen molar-refractivity contribution in [3.63, 3.8) is 0 Å². The lowest BCUT2D eigenvalue weighted by atomic mass is 10.2. The zero-order valence-electron chi connectivity index (χ0n) is 9.69. The molecule has 0 bridgehead atoms. The van der Waals surface area contributed by atoms with Gasteiger partial charge in [-0.3, -0.25) is 0 Å². The topological polar surface area (TPSA) is 53.6 Å². The van der Waals surface area contributed by atoms with Gasteiger partial charge in [-0.15, -0.1) is 12.4 Å². The normalized spacial score (nSPS) is 18.6. The molecule has 0 radical (unpaired) electrons. The van der Waals surface area contributed by atoms with Crippen LogP contribution in [0, 0.1) is 0 Å². The van der Waals surface area contributed by atoms with Gasteiger partial charge in [-0.2, -0.15) is 0 Å². The number of H-pyrrole nitrogens is 1. The summed E-state index contributed by atoms with van der Waals surface area (Å²) in [4.78, 5) is 11.8. The van der Waals surface area contributed by atoms with Crippen molar-refractivity contribution in [2.45, 2.75) is 18.9 Å². The van der Waals surface area contributed by atoms with E-state index < -0.39 is 0 Å². The Hall–Kier alpha value is -1.10. The highest BCUT2D eigenvalue weighted by Crippen LogP contribution is 2.24. The fraction of sp³-hybridized carbons (Fsp3) is 0.333. The van der Waals surface area contributed by atoms with Crippen LogP contribution in [0.4, 0.5) is 0 Å². The highest BCUT2D eigenvalue weighted by atomic mass is 35.5. The monoisotopic (exact) mass is 284 g/mol. The molecule has 96 valence electrons. The van der Waals surface area contributed by atoms with Gasteiger partial charge in [-0.05, 0) is 31.5 Å². The summed E-state index contributed by atoms with van der Waals surface area (Å²) in [5.41, 5.74) is 1.99. The van der Waals surface area contributed by atoms with Crippen LogP contribution in [0.3, 0.4) is 0 Å². The number of hydrogen-bond donors (Lipinski definition) is 2. The van der Waals surface area contributed by atoms with E-state index in [1.807, 2.05) is 12.3 Å². The Kier molecular flexibility index (Phi) is 4.22. The Morgan fingerprint density at radius 2 is 2.11 bits per heavy atom. The van der Waals surface area contributed by atoms with Gasteiger partial charge in [0.05, 0.1) is 17.9 Å². The highest BCUT2D eigenvalue weighted by molar-refractivity contribution is 6.29. The number of pyridine rings is 1. The molecule has 2 aromatic rings. The number of aromatic amines is 1. The quantitative estimate of drug-likeness (QED) is 0.834. The van der Waals surface area contributed by atoms with Gasteiger partial charge in [0, 0.05) is 11.8 Å². The van der Waals surface area contributed by atoms with Crippen LogP contribution in [0.2, 0.25) is 5.15 Å². The molecule has 1 unspecified atom stereocenters. The van der Waals surface area contributed by atoms with Gasteiger partial charge >= 0.3 is 0 Å². The van der Waals surface area contributed by atoms with E-state index in [1.165, 1.54) is 6.42 Å². The maximum atomic E-state index is 5.76. The number of aromatic nitrogens is 3. The molecular formula is C12H14Cl2N4. The van der Waals surface area contributed by atoms with Crippen molar-refractivity contribution in [2.24, 2.45) is 0 Å². The molecule has 1 aliphatic heterocycles. The van der Waals surface area contributed by atoms with Crippen LogP contribution in [-0.4, -0.2) is 21.5 Å². The number of nitrogens with zero attached hydrogens (tertiary/aromatic N) is 2. The number of imidazole rings is 1. The Labute approximate surface area is 117 Å². The van der Waals surface area contributed by atoms with Crippen molar-refractivity contribution < 1.29 is 0 Å². The molecule has 1 aliphatic rings. The first-order valence-electron chi connectivity index (χ1n) is 5.73. The Morgan fingerprint density at radius 1 is 1.22 bits per heavy atom. The van der Waals surface area contributed by atoms with Crippen molar-refractivity contribution in [1.82, 2.24) is 20.3 Å². The van der Waals surface area contributed by atoms with E-state index in [1.54, 1.807) is 12.3 Å². The number of hydrogen-bond acceptors (Lipinski definition) is 3. The summed E-state index contributed by atoms with van der Waals surface area (Å²) >= 11 is 5.76. The fourth-order valence-electron chi connectivity index (χ4n) is 2.11. The first-order valence-corrected chi connectivity index (χ1v) is 6.11. The fourth-order valence-corrected chi connectivity index (χ4v) is 2.23. The lowest BCUT2D eigenvalue weighted by molar-refractivity contribution is 0.613. The molecule has 1 saturated heterocycles. The van der Waals surface area contributed by atoms with E-state index in [0.29, 0.717) is 11.2 Å². The van der Waals surface area contributed by atoms with E-state index in [4.69, 9.17) is 11.6 Å². The average molecular weight is 285 g/mol. The third kappa shape index (κ3) is 2.66. The molecule has 0 aromatic carbocycles. The molecular weight excluding hydrogens is 271 g/mol. The van der Waals surface area contributed by atoms with Gasteiger partial charge in [0.25, 0.3) is 0 Å². The van der Waals surface area contributed by atoms with Gasteiger partial charge in [-0.1, -0.05) is 11.6 Å². The van der Waals surface area contributed by atoms with Crippen LogP contribution >= 0.6 is 24.0 Å². The molecule has 2 aromatic heterocycles. The molecule has 18 heavy (non-hydrogen) atoms. The summed E-state index contributed by atoms with van der Waals surface area (Å²) < 4.78 is 0. The maximum Gasteiger partial charge on any atom is 0.129 e. The van der Waals surface area contributed by atoms with Crippen molar-refractivity contribution in [2.75, 3.05) is 6.54 Å². The molecule has 3 rings (SSSR count). The molecule has 1 fully saturated rings. The minimum absolute atomic E-state index is 0. The smallest absolute Gasteiger partial charge is 0.129 e. The molecule has 1 atom stereocenters. The number of halogens is 2. The van der Waals surface area contributed by atoms with Crippen molar-refractivity contribution in [3.8, 4) is 11.3 Å². The maximum absolute atomic E-state index is 5.76. The summed E-state index contributed by atoms with van der Waals surface area (Å²) in [7, 11) is 0. The minimum atomic E-state index is 0. The summed E-state index contributed by atoms with van der Waals surface area (Å²) in [5, 5.41) is 3.92. The van der Waals surface area contributed by atoms with E-state index in [0.717, 1.165) is 30.0 Å². The van der Waals surface area contributed by atoms with Crippen LogP contribution in [0.1, 0.15) is 24.7 Å². The minimum Gasteiger partial charge on any atom is -0.341 e. The van der Waals surface area contributed by atoms with Crippen LogP contribution in [-0.2, 0) is 0 Å². The molecule has 6 heteroatoms. The standard InChI is InChI=1S/C12H13ClN4.ClH/c13-11-4-3-8(6-15-11)10-7-16-12(17-10)9-2-1-5-14-9;/h3-4,6-7,9,14H,1-2,5H2,(H,16,17);1H. The highest BCUT2D eigenvalue weighted by Gasteiger charge is 2.19. The molecule has 3 heterocycles. The second-order valence-corrected chi connectivity index (χ2v) is 4.59. The van der Waals surface area contributed by atoms with Crippen LogP contribution in [0.25, 0.3) is 11.3 Å². The van der Waals surface area contributed by atoms with Crippen molar-refractivity contribution >= 4 is 24.0 Å². The van der Waals surface area contributed by atoms with E-state index in [-0.39, 0.29) is 12.4 Å². The predicted octanol–water partition coefficient (Wildman–Crippen LogP) is 2.97. The Morgan fingerprint density at radius 3 is 2.78 bits per heavy atom. The summed E-state index contributed by atoms with van der Waals surface area (Å²) in [6.45, 7) is 1.07. The SMILES string of the molecule is Cl.Clc1ccc(-c2cnc(C3CCCN3)[nH]2)cn1. The van der Waals surface area contributed by atoms with E-state index in [2.05, 4.69) is 20.3 Å². The van der Waals surface area contributed by atoms with Gasteiger partial charge < -0.3 is 10.3 Å². The first-order chi connectivity index (χ1) is 8.33. The van der Waals surface area contributed by atoms with Crippen molar-refractivity contribution in [1.29, 1.82) is 0 Å². The van der Waals surface area contributed by atoms with Gasteiger partial charge in [0.1, 0.15) is 11.0 Å². The molecule has 2 N–H and O–H groups in total. The van der Waals surface area contributed by atoms with Crippen molar-refractivity contribution in [3.05, 3.63) is 35.5 Å². The van der Waals surface area contributed by atoms with Crippen LogP contribution < -0.4 is 5.32 Å². The lowest BCUT2D eigenvalue weighted by Crippen LogP contribution is -2.14.